The lowest BCUT2D eigenvalue weighted by molar-refractivity contribution is -0.384. The number of nitrogens with one attached hydrogen (secondary N) is 1. The summed E-state index contributed by atoms with van der Waals surface area (Å²) in [6, 6.07) is 2.64. The number of methoxy groups -OCH3 is 2. The second-order valence-electron chi connectivity index (χ2n) is 4.48. The lowest BCUT2D eigenvalue weighted by Crippen LogP contribution is -2.22. The van der Waals surface area contributed by atoms with Gasteiger partial charge in [-0.15, -0.1) is 0 Å². The highest BCUT2D eigenvalue weighted by atomic mass is 16.6. The molecule has 1 rings (SSSR count). The van der Waals surface area contributed by atoms with Crippen LogP contribution in [-0.4, -0.2) is 25.1 Å². The van der Waals surface area contributed by atoms with Gasteiger partial charge in [0.1, 0.15) is 5.69 Å². The summed E-state index contributed by atoms with van der Waals surface area (Å²) in [7, 11) is 2.82. The number of carbonyl (C=O) groups excluding carboxylic acids is 1. The Morgan fingerprint density at radius 1 is 1.24 bits per heavy atom. The van der Waals surface area contributed by atoms with Crippen molar-refractivity contribution in [3.8, 4) is 11.5 Å². The zero-order valence-electron chi connectivity index (χ0n) is 12.6. The monoisotopic (exact) mass is 296 g/mol. The molecule has 0 unspecified atom stereocenters. The largest absolute Gasteiger partial charge is 0.493 e. The van der Waals surface area contributed by atoms with Gasteiger partial charge < -0.3 is 14.8 Å². The van der Waals surface area contributed by atoms with Crippen molar-refractivity contribution >= 4 is 17.3 Å². The predicted octanol–water partition coefficient (Wildman–Crippen LogP) is 2.99. The van der Waals surface area contributed by atoms with E-state index in [1.165, 1.54) is 26.4 Å². The van der Waals surface area contributed by atoms with Crippen LogP contribution in [0.3, 0.4) is 0 Å². The van der Waals surface area contributed by atoms with Gasteiger partial charge in [-0.25, -0.2) is 0 Å². The molecule has 1 aromatic rings. The molecule has 0 aliphatic rings. The Bertz CT molecular complexity index is 526. The Morgan fingerprint density at radius 2 is 1.76 bits per heavy atom. The first-order chi connectivity index (χ1) is 9.98. The van der Waals surface area contributed by atoms with Gasteiger partial charge in [-0.1, -0.05) is 13.8 Å². The minimum absolute atomic E-state index is 0.106. The average molecular weight is 296 g/mol. The summed E-state index contributed by atoms with van der Waals surface area (Å²) in [6.45, 7) is 3.80. The number of amides is 1. The minimum Gasteiger partial charge on any atom is -0.493 e. The van der Waals surface area contributed by atoms with Gasteiger partial charge >= 0.3 is 0 Å². The molecular weight excluding hydrogens is 276 g/mol. The Kier molecular flexibility index (Phi) is 5.95. The molecule has 0 radical (unpaired) electrons. The number of rotatable bonds is 7. The van der Waals surface area contributed by atoms with Crippen molar-refractivity contribution in [3.63, 3.8) is 0 Å². The van der Waals surface area contributed by atoms with E-state index in [-0.39, 0.29) is 28.9 Å². The number of nitro benzene ring substituents is 1. The number of anilines is 1. The normalized spacial score (nSPS) is 10.3. The van der Waals surface area contributed by atoms with Crippen LogP contribution in [0.25, 0.3) is 0 Å². The lowest BCUT2D eigenvalue weighted by atomic mass is 10.0. The summed E-state index contributed by atoms with van der Waals surface area (Å²) < 4.78 is 10.1. The fraction of sp³-hybridized carbons (Fsp3) is 0.500. The molecule has 0 saturated carbocycles. The van der Waals surface area contributed by atoms with Crippen molar-refractivity contribution in [2.24, 2.45) is 5.92 Å². The topological polar surface area (TPSA) is 90.7 Å². The van der Waals surface area contributed by atoms with Gasteiger partial charge in [-0.3, -0.25) is 14.9 Å². The molecule has 1 amide bonds. The van der Waals surface area contributed by atoms with Crippen LogP contribution in [0.4, 0.5) is 11.4 Å². The Balaban J connectivity index is 3.21. The molecule has 0 aromatic heterocycles. The van der Waals surface area contributed by atoms with Crippen LogP contribution in [0.2, 0.25) is 0 Å². The zero-order chi connectivity index (χ0) is 16.0. The minimum atomic E-state index is -0.565. The summed E-state index contributed by atoms with van der Waals surface area (Å²) >= 11 is 0. The molecule has 0 heterocycles. The predicted molar refractivity (Wildman–Crippen MR) is 78.9 cm³/mol. The second kappa shape index (κ2) is 7.47. The first-order valence-corrected chi connectivity index (χ1v) is 6.69. The van der Waals surface area contributed by atoms with Crippen LogP contribution in [0.1, 0.15) is 26.7 Å². The van der Waals surface area contributed by atoms with Crippen molar-refractivity contribution in [2.45, 2.75) is 26.7 Å². The summed E-state index contributed by atoms with van der Waals surface area (Å²) in [6.07, 6.45) is 1.34. The van der Waals surface area contributed by atoms with Gasteiger partial charge in [0.15, 0.2) is 11.5 Å². The third-order valence-electron chi connectivity index (χ3n) is 3.31. The zero-order valence-corrected chi connectivity index (χ0v) is 12.6. The maximum atomic E-state index is 12.1. The number of carbonyl (C=O) groups is 1. The highest BCUT2D eigenvalue weighted by Gasteiger charge is 2.23. The van der Waals surface area contributed by atoms with Crippen LogP contribution in [0, 0.1) is 16.0 Å². The molecule has 0 saturated heterocycles. The Hall–Kier alpha value is -2.31. The quantitative estimate of drug-likeness (QED) is 0.617. The third kappa shape index (κ3) is 3.84. The van der Waals surface area contributed by atoms with Gasteiger partial charge in [0.2, 0.25) is 5.91 Å². The molecule has 0 bridgehead atoms. The smallest absolute Gasteiger partial charge is 0.296 e. The van der Waals surface area contributed by atoms with E-state index in [0.29, 0.717) is 18.6 Å². The van der Waals surface area contributed by atoms with E-state index in [9.17, 15) is 14.9 Å². The molecule has 0 fully saturated rings. The van der Waals surface area contributed by atoms with E-state index < -0.39 is 4.92 Å². The standard InChI is InChI=1S/C14H20N2O5/c1-5-9(6-2)14(17)15-10-7-12(20-3)13(21-4)8-11(10)16(18)19/h7-9H,5-6H2,1-4H3,(H,15,17). The maximum absolute atomic E-state index is 12.1. The SMILES string of the molecule is CCC(CC)C(=O)Nc1cc(OC)c(OC)cc1[N+](=O)[O-]. The highest BCUT2D eigenvalue weighted by Crippen LogP contribution is 2.37. The number of nitro groups is 1. The van der Waals surface area contributed by atoms with Crippen molar-refractivity contribution in [1.29, 1.82) is 0 Å². The van der Waals surface area contributed by atoms with Crippen LogP contribution >= 0.6 is 0 Å². The highest BCUT2D eigenvalue weighted by molar-refractivity contribution is 5.95. The van der Waals surface area contributed by atoms with Gasteiger partial charge in [0.05, 0.1) is 25.2 Å². The maximum Gasteiger partial charge on any atom is 0.296 e. The number of hydrogen-bond acceptors (Lipinski definition) is 5. The first kappa shape index (κ1) is 16.7. The van der Waals surface area contributed by atoms with E-state index in [1.807, 2.05) is 13.8 Å². The molecule has 0 atom stereocenters. The molecular formula is C14H20N2O5. The summed E-state index contributed by atoms with van der Waals surface area (Å²) in [5.41, 5.74) is -0.124. The lowest BCUT2D eigenvalue weighted by Gasteiger charge is -2.14. The van der Waals surface area contributed by atoms with Gasteiger partial charge in [-0.2, -0.15) is 0 Å². The Morgan fingerprint density at radius 3 is 2.19 bits per heavy atom. The van der Waals surface area contributed by atoms with Crippen molar-refractivity contribution in [3.05, 3.63) is 22.2 Å². The summed E-state index contributed by atoms with van der Waals surface area (Å²) in [5, 5.41) is 13.7. The molecule has 7 nitrogen and oxygen atoms in total. The van der Waals surface area contributed by atoms with E-state index >= 15 is 0 Å². The van der Waals surface area contributed by atoms with E-state index in [1.54, 1.807) is 0 Å². The van der Waals surface area contributed by atoms with E-state index in [4.69, 9.17) is 9.47 Å². The Labute approximate surface area is 123 Å². The van der Waals surface area contributed by atoms with E-state index in [0.717, 1.165) is 0 Å². The number of hydrogen-bond donors (Lipinski definition) is 1. The molecule has 21 heavy (non-hydrogen) atoms. The molecule has 1 N–H and O–H groups in total. The molecule has 1 aromatic carbocycles. The van der Waals surface area contributed by atoms with Crippen molar-refractivity contribution in [2.75, 3.05) is 19.5 Å². The molecule has 0 spiro atoms. The van der Waals surface area contributed by atoms with Gasteiger partial charge in [0.25, 0.3) is 5.69 Å². The number of benzene rings is 1. The van der Waals surface area contributed by atoms with Gasteiger partial charge in [-0.05, 0) is 12.8 Å². The molecule has 7 heteroatoms. The van der Waals surface area contributed by atoms with Crippen molar-refractivity contribution < 1.29 is 19.2 Å². The molecule has 0 aliphatic heterocycles. The fourth-order valence-corrected chi connectivity index (χ4v) is 2.01. The van der Waals surface area contributed by atoms with Crippen LogP contribution < -0.4 is 14.8 Å². The summed E-state index contributed by atoms with van der Waals surface area (Å²) in [5.74, 6) is 0.140. The van der Waals surface area contributed by atoms with Crippen LogP contribution in [0.15, 0.2) is 12.1 Å². The third-order valence-corrected chi connectivity index (χ3v) is 3.31. The van der Waals surface area contributed by atoms with Crippen molar-refractivity contribution in [1.82, 2.24) is 0 Å². The first-order valence-electron chi connectivity index (χ1n) is 6.69. The number of nitrogens with zero attached hydrogens (tertiary/aromatic N) is 1. The summed E-state index contributed by atoms with van der Waals surface area (Å²) in [4.78, 5) is 22.7. The molecule has 116 valence electrons. The van der Waals surface area contributed by atoms with E-state index in [2.05, 4.69) is 5.32 Å². The average Bonchev–Trinajstić information content (AvgIpc) is 2.47. The number of ether oxygens (including phenoxy) is 2. The van der Waals surface area contributed by atoms with Crippen LogP contribution in [-0.2, 0) is 4.79 Å². The van der Waals surface area contributed by atoms with Crippen LogP contribution in [0.5, 0.6) is 11.5 Å². The fourth-order valence-electron chi connectivity index (χ4n) is 2.01. The van der Waals surface area contributed by atoms with Gasteiger partial charge in [0, 0.05) is 12.0 Å². The second-order valence-corrected chi connectivity index (χ2v) is 4.48. The molecule has 0 aliphatic carbocycles.